The van der Waals surface area contributed by atoms with Crippen LogP contribution < -0.4 is 11.1 Å². The summed E-state index contributed by atoms with van der Waals surface area (Å²) < 4.78 is 21.3. The Labute approximate surface area is 392 Å². The van der Waals surface area contributed by atoms with Crippen molar-refractivity contribution in [1.82, 2.24) is 20.0 Å². The summed E-state index contributed by atoms with van der Waals surface area (Å²) in [5.41, 5.74) is 13.7. The lowest BCUT2D eigenvalue weighted by molar-refractivity contribution is 0.0341. The highest BCUT2D eigenvalue weighted by atomic mass is 16.6. The van der Waals surface area contributed by atoms with Gasteiger partial charge in [-0.05, 0) is 65.8 Å². The van der Waals surface area contributed by atoms with Gasteiger partial charge in [-0.1, -0.05) is 116 Å². The first-order valence-corrected chi connectivity index (χ1v) is 22.9. The second-order valence-corrected chi connectivity index (χ2v) is 17.3. The largest absolute Gasteiger partial charge is 0.444 e. The van der Waals surface area contributed by atoms with E-state index in [1.807, 2.05) is 69.3 Å². The van der Waals surface area contributed by atoms with E-state index in [0.29, 0.717) is 5.56 Å². The van der Waals surface area contributed by atoms with E-state index < -0.39 is 17.7 Å². The van der Waals surface area contributed by atoms with Crippen LogP contribution >= 0.6 is 0 Å². The van der Waals surface area contributed by atoms with Crippen LogP contribution in [0.25, 0.3) is 12.2 Å². The fraction of sp³-hybridized carbons (Fsp3) is 0.434. The van der Waals surface area contributed by atoms with E-state index in [0.717, 1.165) is 127 Å². The number of nitrogens with one attached hydrogen (secondary N) is 1. The van der Waals surface area contributed by atoms with E-state index >= 15 is 0 Å². The number of nitrogens with two attached hydrogens (primary N) is 1. The Balaban J connectivity index is 0.000000201. The minimum absolute atomic E-state index is 0.0129. The number of carbonyl (C=O) groups excluding carboxylic acids is 2. The van der Waals surface area contributed by atoms with Crippen molar-refractivity contribution >= 4 is 24.5 Å². The molecule has 1 amide bonds. The molecule has 3 fully saturated rings. The van der Waals surface area contributed by atoms with E-state index in [-0.39, 0.29) is 19.3 Å². The molecule has 7 rings (SSSR count). The molecule has 0 aliphatic carbocycles. The zero-order valence-electron chi connectivity index (χ0n) is 39.3. The van der Waals surface area contributed by atoms with Crippen LogP contribution in [0.3, 0.4) is 0 Å². The molecule has 0 spiro atoms. The summed E-state index contributed by atoms with van der Waals surface area (Å²) in [6, 6.07) is 31.1. The Bertz CT molecular complexity index is 2020. The standard InChI is InChI=1S/C18H28N2O4.C13H20N2O2.C13H17NO.C9H8O/c1-18(2,3)24-17(22)19-16(13-21)15-6-4-5-14(11-15)12-20-7-9-23-10-8-20;14-13(10-16)12-3-1-2-11(8-12)9-15-4-6-17-7-5-15;1-2-12-4-3-5-13(10-12)11-14-6-8-15-9-7-14;1-2-8-4-3-5-9(6-8)7-10/h4-6,11,16,21H,7-10,12-13H2,1-3H3,(H,19,22);1-3,8,13,16H,4-7,9-10,14H2;2-5,10H,1,6-9,11H2;2-7H,1H2/t16-;13-;;/m00../s1. The molecule has 2 atom stereocenters. The maximum absolute atomic E-state index is 11.9. The quantitative estimate of drug-likeness (QED) is 0.0973. The average Bonchev–Trinajstić information content (AvgIpc) is 3.34. The summed E-state index contributed by atoms with van der Waals surface area (Å²) in [5.74, 6) is 0. The number of aldehydes is 1. The fourth-order valence-corrected chi connectivity index (χ4v) is 7.25. The number of ether oxygens (including phenoxy) is 4. The summed E-state index contributed by atoms with van der Waals surface area (Å²) in [6.07, 6.45) is 3.91. The van der Waals surface area contributed by atoms with Gasteiger partial charge in [0.2, 0.25) is 0 Å². The molecule has 0 saturated carbocycles. The molecular formula is C53H73N5O8. The summed E-state index contributed by atoms with van der Waals surface area (Å²) in [4.78, 5) is 29.3. The number of hydrogen-bond donors (Lipinski definition) is 4. The van der Waals surface area contributed by atoms with Gasteiger partial charge < -0.3 is 40.2 Å². The van der Waals surface area contributed by atoms with Crippen molar-refractivity contribution in [1.29, 1.82) is 0 Å². The van der Waals surface area contributed by atoms with Crippen LogP contribution in [-0.2, 0) is 38.6 Å². The van der Waals surface area contributed by atoms with Crippen molar-refractivity contribution in [2.24, 2.45) is 5.73 Å². The van der Waals surface area contributed by atoms with Crippen LogP contribution in [0.2, 0.25) is 0 Å². The molecule has 4 aromatic rings. The molecule has 3 aliphatic heterocycles. The first-order valence-electron chi connectivity index (χ1n) is 22.9. The Morgan fingerprint density at radius 2 is 1.06 bits per heavy atom. The highest BCUT2D eigenvalue weighted by Gasteiger charge is 2.21. The minimum atomic E-state index is -0.567. The van der Waals surface area contributed by atoms with Crippen molar-refractivity contribution in [2.45, 2.75) is 58.1 Å². The average molecular weight is 908 g/mol. The molecule has 3 aliphatic rings. The number of morpholine rings is 3. The van der Waals surface area contributed by atoms with Gasteiger partial charge in [-0.15, -0.1) is 0 Å². The van der Waals surface area contributed by atoms with Gasteiger partial charge in [0.25, 0.3) is 0 Å². The van der Waals surface area contributed by atoms with Gasteiger partial charge in [-0.2, -0.15) is 0 Å². The van der Waals surface area contributed by atoms with E-state index in [1.54, 1.807) is 18.2 Å². The van der Waals surface area contributed by atoms with Crippen LogP contribution in [0.4, 0.5) is 4.79 Å². The van der Waals surface area contributed by atoms with Gasteiger partial charge in [-0.3, -0.25) is 19.5 Å². The first kappa shape index (κ1) is 53.6. The van der Waals surface area contributed by atoms with E-state index in [4.69, 9.17) is 29.8 Å². The predicted octanol–water partition coefficient (Wildman–Crippen LogP) is 6.89. The lowest BCUT2D eigenvalue weighted by atomic mass is 10.0. The molecule has 3 saturated heterocycles. The van der Waals surface area contributed by atoms with E-state index in [2.05, 4.69) is 75.6 Å². The second-order valence-electron chi connectivity index (χ2n) is 17.3. The smallest absolute Gasteiger partial charge is 0.408 e. The molecule has 13 nitrogen and oxygen atoms in total. The van der Waals surface area contributed by atoms with Crippen LogP contribution in [0.1, 0.15) is 82.2 Å². The van der Waals surface area contributed by atoms with Crippen molar-refractivity contribution in [3.63, 3.8) is 0 Å². The number of amides is 1. The van der Waals surface area contributed by atoms with Gasteiger partial charge in [-0.25, -0.2) is 4.79 Å². The molecule has 3 heterocycles. The predicted molar refractivity (Wildman–Crippen MR) is 263 cm³/mol. The Hall–Kier alpha value is -5.06. The molecule has 0 aromatic heterocycles. The molecule has 4 aromatic carbocycles. The minimum Gasteiger partial charge on any atom is -0.444 e. The van der Waals surface area contributed by atoms with Crippen molar-refractivity contribution in [2.75, 3.05) is 92.1 Å². The lowest BCUT2D eigenvalue weighted by Gasteiger charge is -2.27. The van der Waals surface area contributed by atoms with Crippen molar-refractivity contribution in [3.8, 4) is 0 Å². The number of aliphatic hydroxyl groups excluding tert-OH is 2. The maximum Gasteiger partial charge on any atom is 0.408 e. The number of benzene rings is 4. The summed E-state index contributed by atoms with van der Waals surface area (Å²) in [5, 5.41) is 21.4. The SMILES string of the molecule is C=Cc1cccc(C=O)c1.C=Cc1cccc(CN2CCOCC2)c1.CC(C)(C)OC(=O)N[C@@H](CO)c1cccc(CN2CCOCC2)c1.N[C@@H](CO)c1cccc(CN2CCOCC2)c1. The first-order chi connectivity index (χ1) is 31.9. The van der Waals surface area contributed by atoms with Crippen LogP contribution in [0, 0.1) is 0 Å². The van der Waals surface area contributed by atoms with Crippen molar-refractivity contribution < 1.29 is 38.7 Å². The maximum atomic E-state index is 11.9. The number of aliphatic hydroxyl groups is 2. The molecule has 358 valence electrons. The molecular weight excluding hydrogens is 835 g/mol. The van der Waals surface area contributed by atoms with Gasteiger partial charge in [0.05, 0.1) is 64.9 Å². The summed E-state index contributed by atoms with van der Waals surface area (Å²) in [6.45, 7) is 26.2. The highest BCUT2D eigenvalue weighted by Crippen LogP contribution is 2.19. The third kappa shape index (κ3) is 20.6. The third-order valence-corrected chi connectivity index (χ3v) is 10.8. The number of rotatable bonds is 14. The monoisotopic (exact) mass is 908 g/mol. The highest BCUT2D eigenvalue weighted by molar-refractivity contribution is 5.76. The topological polar surface area (TPSA) is 159 Å². The molecule has 5 N–H and O–H groups in total. The lowest BCUT2D eigenvalue weighted by Crippen LogP contribution is -2.36. The number of hydrogen-bond acceptors (Lipinski definition) is 12. The zero-order chi connectivity index (χ0) is 47.6. The van der Waals surface area contributed by atoms with Crippen molar-refractivity contribution in [3.05, 3.63) is 155 Å². The van der Waals surface area contributed by atoms with Crippen LogP contribution in [0.5, 0.6) is 0 Å². The van der Waals surface area contributed by atoms with Gasteiger partial charge in [0, 0.05) is 64.5 Å². The fourth-order valence-electron chi connectivity index (χ4n) is 7.25. The second kappa shape index (κ2) is 29.6. The molecule has 0 unspecified atom stereocenters. The molecule has 13 heteroatoms. The van der Waals surface area contributed by atoms with Crippen LogP contribution in [0.15, 0.2) is 110 Å². The van der Waals surface area contributed by atoms with Gasteiger partial charge in [0.15, 0.2) is 0 Å². The van der Waals surface area contributed by atoms with E-state index in [1.165, 1.54) is 16.7 Å². The molecule has 0 radical (unpaired) electrons. The van der Waals surface area contributed by atoms with E-state index in [9.17, 15) is 14.7 Å². The number of alkyl carbamates (subject to hydrolysis) is 1. The summed E-state index contributed by atoms with van der Waals surface area (Å²) >= 11 is 0. The van der Waals surface area contributed by atoms with Gasteiger partial charge in [0.1, 0.15) is 11.9 Å². The molecule has 66 heavy (non-hydrogen) atoms. The Kier molecular flexibility index (Phi) is 24.0. The van der Waals surface area contributed by atoms with Crippen LogP contribution in [-0.4, -0.2) is 135 Å². The Morgan fingerprint density at radius 3 is 1.50 bits per heavy atom. The normalized spacial score (nSPS) is 16.6. The molecule has 0 bridgehead atoms. The zero-order valence-corrected chi connectivity index (χ0v) is 39.3. The Morgan fingerprint density at radius 1 is 0.652 bits per heavy atom. The summed E-state index contributed by atoms with van der Waals surface area (Å²) in [7, 11) is 0. The third-order valence-electron chi connectivity index (χ3n) is 10.8. The van der Waals surface area contributed by atoms with Gasteiger partial charge >= 0.3 is 6.09 Å². The number of nitrogens with zero attached hydrogens (tertiary/aromatic N) is 3. The number of carbonyl (C=O) groups is 2.